The van der Waals surface area contributed by atoms with Crippen molar-refractivity contribution >= 4 is 50.4 Å². The van der Waals surface area contributed by atoms with E-state index >= 15 is 0 Å². The highest BCUT2D eigenvalue weighted by Gasteiger charge is 2.62. The SMILES string of the molecule is C=C[C@@H]1C[C@]1(NC(=O)[C@@H]1C[C@@H](Oc2nccc3cc(OC)ccc23)CN1C(=O)[C@H](CCC(=O)C=CC1CCCC1)NC(=O)OC(C)(C)C)C(=O)NS(=O)(=O)C1CC1. The predicted molar refractivity (Wildman–Crippen MR) is 211 cm³/mol. The monoisotopic (exact) mass is 807 g/mol. The third-order valence-corrected chi connectivity index (χ3v) is 12.8. The van der Waals surface area contributed by atoms with Crippen LogP contribution in [0.25, 0.3) is 10.8 Å². The second kappa shape index (κ2) is 16.9. The summed E-state index contributed by atoms with van der Waals surface area (Å²) in [5.41, 5.74) is -2.49. The van der Waals surface area contributed by atoms with Gasteiger partial charge in [-0.3, -0.25) is 23.9 Å². The van der Waals surface area contributed by atoms with E-state index in [1.54, 1.807) is 52.3 Å². The molecule has 2 heterocycles. The fourth-order valence-electron chi connectivity index (χ4n) is 7.57. The van der Waals surface area contributed by atoms with Crippen LogP contribution in [0.5, 0.6) is 11.6 Å². The number of allylic oxidation sites excluding steroid dienone is 2. The second-order valence-electron chi connectivity index (χ2n) is 16.5. The first-order valence-electron chi connectivity index (χ1n) is 19.6. The number of carbonyl (C=O) groups is 5. The first-order valence-corrected chi connectivity index (χ1v) is 21.2. The van der Waals surface area contributed by atoms with Crippen molar-refractivity contribution in [3.05, 3.63) is 55.3 Å². The fourth-order valence-corrected chi connectivity index (χ4v) is 8.94. The number of nitrogens with zero attached hydrogens (tertiary/aromatic N) is 2. The lowest BCUT2D eigenvalue weighted by molar-refractivity contribution is -0.141. The normalized spacial score (nSPS) is 24.1. The standard InChI is InChI=1S/C41H53N5O10S/c1-6-27-23-41(27,38(50)45-57(52,53)31-15-16-31)44-35(48)34-22-30(55-36-32-17-14-29(54-5)21-26(32)19-20-42-36)24-46(34)37(49)33(43-39(51)56-40(2,3)4)18-13-28(47)12-11-25-9-7-8-10-25/h6,11-12,14,17,19-21,25,27,30-31,33-34H,1,7-10,13,15-16,18,22-24H2,2-5H3,(H,43,51)(H,44,48)(H,45,50)/t27-,30-,33+,34+,41-/m1/s1. The van der Waals surface area contributed by atoms with E-state index in [0.717, 1.165) is 31.1 Å². The number of fused-ring (bicyclic) bond motifs is 1. The van der Waals surface area contributed by atoms with Crippen LogP contribution in [0.3, 0.4) is 0 Å². The summed E-state index contributed by atoms with van der Waals surface area (Å²) < 4.78 is 44.9. The molecule has 0 spiro atoms. The summed E-state index contributed by atoms with van der Waals surface area (Å²) in [4.78, 5) is 74.3. The van der Waals surface area contributed by atoms with Crippen molar-refractivity contribution in [3.63, 3.8) is 0 Å². The molecule has 4 amide bonds. The molecule has 2 aromatic rings. The van der Waals surface area contributed by atoms with Crippen LogP contribution < -0.4 is 24.8 Å². The molecule has 3 saturated carbocycles. The lowest BCUT2D eigenvalue weighted by Crippen LogP contribution is -2.58. The minimum atomic E-state index is -3.93. The highest BCUT2D eigenvalue weighted by Crippen LogP contribution is 2.45. The van der Waals surface area contributed by atoms with Gasteiger partial charge in [-0.2, -0.15) is 0 Å². The summed E-state index contributed by atoms with van der Waals surface area (Å²) in [7, 11) is -2.38. The van der Waals surface area contributed by atoms with Crippen molar-refractivity contribution in [3.8, 4) is 11.6 Å². The average molecular weight is 808 g/mol. The topological polar surface area (TPSA) is 199 Å². The fraction of sp³-hybridized carbons (Fsp3) is 0.561. The quantitative estimate of drug-likeness (QED) is 0.162. The second-order valence-corrected chi connectivity index (χ2v) is 18.4. The summed E-state index contributed by atoms with van der Waals surface area (Å²) in [6, 6.07) is 4.66. The number of hydrogen-bond acceptors (Lipinski definition) is 11. The summed E-state index contributed by atoms with van der Waals surface area (Å²) in [6.45, 7) is 8.68. The van der Waals surface area contributed by atoms with E-state index in [-0.39, 0.29) is 43.9 Å². The summed E-state index contributed by atoms with van der Waals surface area (Å²) in [5, 5.41) is 6.18. The first kappa shape index (κ1) is 41.6. The molecule has 16 heteroatoms. The van der Waals surface area contributed by atoms with Crippen LogP contribution in [0.15, 0.2) is 55.3 Å². The van der Waals surface area contributed by atoms with Gasteiger partial charge in [0.2, 0.25) is 27.7 Å². The van der Waals surface area contributed by atoms with Gasteiger partial charge in [0.1, 0.15) is 35.1 Å². The first-order chi connectivity index (χ1) is 27.0. The molecule has 0 radical (unpaired) electrons. The van der Waals surface area contributed by atoms with Crippen LogP contribution >= 0.6 is 0 Å². The van der Waals surface area contributed by atoms with E-state index in [1.807, 2.05) is 12.1 Å². The minimum absolute atomic E-state index is 0.0369. The van der Waals surface area contributed by atoms with E-state index in [9.17, 15) is 32.4 Å². The van der Waals surface area contributed by atoms with Crippen LogP contribution in [0.1, 0.15) is 85.0 Å². The number of carbonyl (C=O) groups excluding carboxylic acids is 5. The van der Waals surface area contributed by atoms with Crippen LogP contribution in [0.2, 0.25) is 0 Å². The van der Waals surface area contributed by atoms with Gasteiger partial charge in [0.15, 0.2) is 5.78 Å². The Bertz CT molecular complexity index is 2040. The van der Waals surface area contributed by atoms with Gasteiger partial charge in [-0.1, -0.05) is 25.0 Å². The summed E-state index contributed by atoms with van der Waals surface area (Å²) in [6.07, 6.45) is 9.88. The number of likely N-dealkylation sites (tertiary alicyclic amines) is 1. The van der Waals surface area contributed by atoms with Crippen molar-refractivity contribution in [1.82, 2.24) is 25.2 Å². The molecule has 1 aromatic heterocycles. The van der Waals surface area contributed by atoms with Crippen LogP contribution in [0, 0.1) is 11.8 Å². The molecule has 0 bridgehead atoms. The number of rotatable bonds is 16. The van der Waals surface area contributed by atoms with Gasteiger partial charge in [-0.05, 0) is 101 Å². The number of nitrogens with one attached hydrogen (secondary N) is 3. The Morgan fingerprint density at radius 2 is 1.82 bits per heavy atom. The van der Waals surface area contributed by atoms with Crippen LogP contribution in [0.4, 0.5) is 4.79 Å². The van der Waals surface area contributed by atoms with Gasteiger partial charge >= 0.3 is 6.09 Å². The van der Waals surface area contributed by atoms with E-state index in [4.69, 9.17) is 14.2 Å². The van der Waals surface area contributed by atoms with Crippen molar-refractivity contribution in [2.24, 2.45) is 11.8 Å². The minimum Gasteiger partial charge on any atom is -0.497 e. The molecular formula is C41H53N5O10S. The largest absolute Gasteiger partial charge is 0.497 e. The van der Waals surface area contributed by atoms with Gasteiger partial charge in [-0.25, -0.2) is 18.2 Å². The summed E-state index contributed by atoms with van der Waals surface area (Å²) in [5.74, 6) is -1.81. The third kappa shape index (κ3) is 10.1. The number of ether oxygens (including phenoxy) is 3. The van der Waals surface area contributed by atoms with Gasteiger partial charge < -0.3 is 29.7 Å². The molecule has 4 fully saturated rings. The van der Waals surface area contributed by atoms with E-state index in [0.29, 0.717) is 29.9 Å². The van der Waals surface area contributed by atoms with Crippen LogP contribution in [-0.2, 0) is 33.9 Å². The zero-order valence-corrected chi connectivity index (χ0v) is 33.8. The Hall–Kier alpha value is -4.99. The number of alkyl carbamates (subject to hydrolysis) is 1. The number of benzene rings is 1. The number of aromatic nitrogens is 1. The summed E-state index contributed by atoms with van der Waals surface area (Å²) >= 11 is 0. The molecule has 1 saturated heterocycles. The number of hydrogen-bond donors (Lipinski definition) is 3. The Balaban J connectivity index is 1.27. The van der Waals surface area contributed by atoms with Crippen molar-refractivity contribution < 1.29 is 46.6 Å². The molecule has 6 rings (SSSR count). The number of sulfonamides is 1. The predicted octanol–water partition coefficient (Wildman–Crippen LogP) is 4.25. The molecule has 1 aliphatic heterocycles. The molecule has 5 atom stereocenters. The molecule has 15 nitrogen and oxygen atoms in total. The van der Waals surface area contributed by atoms with E-state index in [1.165, 1.54) is 17.1 Å². The smallest absolute Gasteiger partial charge is 0.408 e. The highest BCUT2D eigenvalue weighted by atomic mass is 32.2. The maximum atomic E-state index is 14.6. The zero-order chi connectivity index (χ0) is 41.1. The van der Waals surface area contributed by atoms with Gasteiger partial charge in [0.05, 0.1) is 18.9 Å². The lowest BCUT2D eigenvalue weighted by atomic mass is 10.0. The Kier molecular flexibility index (Phi) is 12.3. The maximum Gasteiger partial charge on any atom is 0.408 e. The maximum absolute atomic E-state index is 14.6. The van der Waals surface area contributed by atoms with Gasteiger partial charge in [0.25, 0.3) is 5.91 Å². The molecule has 57 heavy (non-hydrogen) atoms. The Morgan fingerprint density at radius 1 is 1.09 bits per heavy atom. The number of pyridine rings is 1. The molecular weight excluding hydrogens is 755 g/mol. The van der Waals surface area contributed by atoms with E-state index in [2.05, 4.69) is 26.9 Å². The Morgan fingerprint density at radius 3 is 2.47 bits per heavy atom. The number of ketones is 1. The van der Waals surface area contributed by atoms with E-state index < -0.39 is 74.3 Å². The molecule has 3 N–H and O–H groups in total. The molecule has 0 unspecified atom stereocenters. The van der Waals surface area contributed by atoms with Gasteiger partial charge in [-0.15, -0.1) is 6.58 Å². The molecule has 4 aliphatic rings. The highest BCUT2D eigenvalue weighted by molar-refractivity contribution is 7.91. The third-order valence-electron chi connectivity index (χ3n) is 10.9. The Labute approximate surface area is 333 Å². The average Bonchev–Trinajstić information content (AvgIpc) is 4.04. The van der Waals surface area contributed by atoms with Crippen LogP contribution in [-0.4, -0.2) is 96.1 Å². The van der Waals surface area contributed by atoms with Crippen molar-refractivity contribution in [2.45, 2.75) is 120 Å². The zero-order valence-electron chi connectivity index (χ0n) is 33.0. The van der Waals surface area contributed by atoms with Gasteiger partial charge in [0, 0.05) is 30.3 Å². The lowest BCUT2D eigenvalue weighted by Gasteiger charge is -2.30. The molecule has 308 valence electrons. The molecule has 3 aliphatic carbocycles. The van der Waals surface area contributed by atoms with Crippen molar-refractivity contribution in [1.29, 1.82) is 0 Å². The molecule has 1 aromatic carbocycles. The number of amides is 4. The number of methoxy groups -OCH3 is 1. The van der Waals surface area contributed by atoms with Crippen molar-refractivity contribution in [2.75, 3.05) is 13.7 Å².